The predicted molar refractivity (Wildman–Crippen MR) is 204 cm³/mol. The van der Waals surface area contributed by atoms with Crippen LogP contribution in [-0.2, 0) is 5.41 Å². The number of ether oxygens (including phenoxy) is 1. The van der Waals surface area contributed by atoms with Crippen molar-refractivity contribution in [3.63, 3.8) is 0 Å². The summed E-state index contributed by atoms with van der Waals surface area (Å²) in [5, 5.41) is 0. The fourth-order valence-corrected chi connectivity index (χ4v) is 8.38. The van der Waals surface area contributed by atoms with Crippen molar-refractivity contribution < 1.29 is 4.74 Å². The molecule has 5 aromatic carbocycles. The summed E-state index contributed by atoms with van der Waals surface area (Å²) in [7, 11) is 0. The summed E-state index contributed by atoms with van der Waals surface area (Å²) < 4.78 is 6.70. The van der Waals surface area contributed by atoms with Gasteiger partial charge in [-0.1, -0.05) is 122 Å². The maximum Gasteiger partial charge on any atom is 0.160 e. The Bertz CT molecular complexity index is 2520. The topological polar surface area (TPSA) is 47.9 Å². The smallest absolute Gasteiger partial charge is 0.160 e. The zero-order chi connectivity index (χ0) is 33.9. The van der Waals surface area contributed by atoms with Crippen molar-refractivity contribution in [3.8, 4) is 56.5 Å². The molecule has 0 saturated heterocycles. The molecule has 1 atom stereocenters. The van der Waals surface area contributed by atoms with Gasteiger partial charge in [-0.15, -0.1) is 0 Å². The fraction of sp³-hybridized carbons (Fsp3) is 0.0851. The molecule has 4 nitrogen and oxygen atoms in total. The van der Waals surface area contributed by atoms with Crippen LogP contribution in [0.25, 0.3) is 50.6 Å². The number of hydrogen-bond donors (Lipinski definition) is 0. The Morgan fingerprint density at radius 1 is 0.588 bits per heavy atom. The van der Waals surface area contributed by atoms with Crippen LogP contribution in [0.4, 0.5) is 0 Å². The lowest BCUT2D eigenvalue weighted by molar-refractivity contribution is 0.436. The van der Waals surface area contributed by atoms with Gasteiger partial charge in [-0.05, 0) is 82.6 Å². The van der Waals surface area contributed by atoms with Gasteiger partial charge >= 0.3 is 0 Å². The van der Waals surface area contributed by atoms with E-state index in [4.69, 9.17) is 19.7 Å². The molecule has 10 rings (SSSR count). The Morgan fingerprint density at radius 2 is 1.25 bits per heavy atom. The second-order valence-corrected chi connectivity index (χ2v) is 13.6. The van der Waals surface area contributed by atoms with Crippen LogP contribution in [0.5, 0.6) is 11.5 Å². The van der Waals surface area contributed by atoms with E-state index in [-0.39, 0.29) is 0 Å². The number of pyridine rings is 1. The van der Waals surface area contributed by atoms with E-state index in [0.29, 0.717) is 11.7 Å². The van der Waals surface area contributed by atoms with Crippen LogP contribution in [0.1, 0.15) is 41.3 Å². The molecule has 0 saturated carbocycles. The first-order chi connectivity index (χ1) is 25.2. The lowest BCUT2D eigenvalue weighted by Gasteiger charge is -2.39. The summed E-state index contributed by atoms with van der Waals surface area (Å²) in [6, 6.07) is 49.2. The number of fused-ring (bicyclic) bond motifs is 9. The molecule has 0 amide bonds. The number of rotatable bonds is 4. The second-order valence-electron chi connectivity index (χ2n) is 13.6. The van der Waals surface area contributed by atoms with Crippen molar-refractivity contribution in [1.29, 1.82) is 0 Å². The van der Waals surface area contributed by atoms with E-state index < -0.39 is 5.41 Å². The van der Waals surface area contributed by atoms with Crippen LogP contribution in [-0.4, -0.2) is 15.0 Å². The third-order valence-corrected chi connectivity index (χ3v) is 10.7. The van der Waals surface area contributed by atoms with E-state index in [1.165, 1.54) is 27.8 Å². The Balaban J connectivity index is 1.20. The summed E-state index contributed by atoms with van der Waals surface area (Å²) in [6.45, 7) is 2.26. The van der Waals surface area contributed by atoms with Crippen LogP contribution >= 0.6 is 0 Å². The first-order valence-electron chi connectivity index (χ1n) is 17.6. The monoisotopic (exact) mass is 655 g/mol. The van der Waals surface area contributed by atoms with Crippen molar-refractivity contribution in [1.82, 2.24) is 15.0 Å². The molecule has 3 aliphatic rings. The van der Waals surface area contributed by atoms with E-state index in [2.05, 4.69) is 140 Å². The van der Waals surface area contributed by atoms with Gasteiger partial charge in [0.15, 0.2) is 5.82 Å². The minimum Gasteiger partial charge on any atom is -0.457 e. The molecule has 0 N–H and O–H groups in total. The molecular weight excluding hydrogens is 623 g/mol. The molecule has 7 aromatic rings. The number of allylic oxidation sites excluding steroid dienone is 4. The number of nitrogens with zero attached hydrogens (tertiary/aromatic N) is 3. The van der Waals surface area contributed by atoms with Gasteiger partial charge in [0.1, 0.15) is 11.5 Å². The van der Waals surface area contributed by atoms with Gasteiger partial charge in [0.2, 0.25) is 0 Å². The molecule has 0 fully saturated rings. The summed E-state index contributed by atoms with van der Waals surface area (Å²) in [5.74, 6) is 2.79. The molecule has 0 radical (unpaired) electrons. The summed E-state index contributed by atoms with van der Waals surface area (Å²) in [4.78, 5) is 15.4. The van der Waals surface area contributed by atoms with Crippen molar-refractivity contribution in [3.05, 3.63) is 192 Å². The SMILES string of the molecule is CC1CC=CC=C1c1cc(-c2cccnc2-c2ccc3c(c2)C2(c4ccccc4O3)c3ccccc3-c3ccccc32)nc(-c2ccccc2)n1. The molecule has 3 heterocycles. The van der Waals surface area contributed by atoms with Crippen LogP contribution in [0, 0.1) is 5.92 Å². The lowest BCUT2D eigenvalue weighted by atomic mass is 9.66. The van der Waals surface area contributed by atoms with Crippen LogP contribution in [0.3, 0.4) is 0 Å². The molecule has 4 heteroatoms. The first kappa shape index (κ1) is 29.5. The van der Waals surface area contributed by atoms with Gasteiger partial charge in [0.25, 0.3) is 0 Å². The maximum absolute atomic E-state index is 6.70. The zero-order valence-corrected chi connectivity index (χ0v) is 28.1. The maximum atomic E-state index is 6.70. The summed E-state index contributed by atoms with van der Waals surface area (Å²) >= 11 is 0. The Morgan fingerprint density at radius 3 is 2.04 bits per heavy atom. The number of benzene rings is 5. The van der Waals surface area contributed by atoms with Crippen molar-refractivity contribution >= 4 is 5.57 Å². The standard InChI is InChI=1S/C47H33N3O/c1-30-14-5-6-17-33(30)41-29-42(50-46(49-41)31-15-3-2-4-16-31)36-20-13-27-48-45(36)32-25-26-44-40(28-32)47(39-23-11-12-24-43(39)51-44)37-21-9-7-18-34(37)35-19-8-10-22-38(35)47/h2-13,15-30H,14H2,1H3. The Kier molecular flexibility index (Phi) is 6.72. The van der Waals surface area contributed by atoms with Crippen LogP contribution < -0.4 is 4.74 Å². The predicted octanol–water partition coefficient (Wildman–Crippen LogP) is 11.3. The van der Waals surface area contributed by atoms with Gasteiger partial charge in [-0.2, -0.15) is 0 Å². The number of aromatic nitrogens is 3. The molecule has 2 aliphatic carbocycles. The minimum absolute atomic E-state index is 0.353. The van der Waals surface area contributed by atoms with Crippen LogP contribution in [0.2, 0.25) is 0 Å². The van der Waals surface area contributed by atoms with E-state index in [1.54, 1.807) is 0 Å². The normalized spacial score (nSPS) is 16.0. The fourth-order valence-electron chi connectivity index (χ4n) is 8.38. The van der Waals surface area contributed by atoms with E-state index in [1.807, 2.05) is 30.5 Å². The Labute approximate surface area is 297 Å². The van der Waals surface area contributed by atoms with Crippen molar-refractivity contribution in [2.75, 3.05) is 0 Å². The van der Waals surface area contributed by atoms with Gasteiger partial charge < -0.3 is 4.74 Å². The largest absolute Gasteiger partial charge is 0.457 e. The molecule has 0 bridgehead atoms. The first-order valence-corrected chi connectivity index (χ1v) is 17.6. The quantitative estimate of drug-likeness (QED) is 0.189. The van der Waals surface area contributed by atoms with Gasteiger partial charge in [0, 0.05) is 34.0 Å². The highest BCUT2D eigenvalue weighted by molar-refractivity contribution is 5.90. The molecule has 51 heavy (non-hydrogen) atoms. The number of hydrogen-bond acceptors (Lipinski definition) is 4. The van der Waals surface area contributed by atoms with Crippen LogP contribution in [0.15, 0.2) is 164 Å². The average molecular weight is 656 g/mol. The zero-order valence-electron chi connectivity index (χ0n) is 28.1. The van der Waals surface area contributed by atoms with E-state index in [0.717, 1.165) is 62.8 Å². The van der Waals surface area contributed by atoms with E-state index >= 15 is 0 Å². The lowest BCUT2D eigenvalue weighted by Crippen LogP contribution is -2.32. The highest BCUT2D eigenvalue weighted by Crippen LogP contribution is 2.62. The molecular formula is C47H33N3O. The molecule has 2 aromatic heterocycles. The Hall–Kier alpha value is -6.39. The molecule has 1 unspecified atom stereocenters. The van der Waals surface area contributed by atoms with Gasteiger partial charge in [-0.3, -0.25) is 4.98 Å². The molecule has 1 aliphatic heterocycles. The van der Waals surface area contributed by atoms with E-state index in [9.17, 15) is 0 Å². The summed E-state index contributed by atoms with van der Waals surface area (Å²) in [5.41, 5.74) is 13.5. The van der Waals surface area contributed by atoms with Gasteiger partial charge in [0.05, 0.1) is 22.5 Å². The molecule has 242 valence electrons. The third-order valence-electron chi connectivity index (χ3n) is 10.7. The van der Waals surface area contributed by atoms with Gasteiger partial charge in [-0.25, -0.2) is 9.97 Å². The second kappa shape index (κ2) is 11.6. The highest BCUT2D eigenvalue weighted by Gasteiger charge is 2.51. The van der Waals surface area contributed by atoms with Crippen molar-refractivity contribution in [2.24, 2.45) is 5.92 Å². The average Bonchev–Trinajstić information content (AvgIpc) is 3.49. The third kappa shape index (κ3) is 4.49. The summed E-state index contributed by atoms with van der Waals surface area (Å²) in [6.07, 6.45) is 9.41. The minimum atomic E-state index is -0.554. The molecule has 1 spiro atoms. The number of para-hydroxylation sites is 1. The highest BCUT2D eigenvalue weighted by atomic mass is 16.5. The van der Waals surface area contributed by atoms with Crippen molar-refractivity contribution in [2.45, 2.75) is 18.8 Å².